The van der Waals surface area contributed by atoms with Crippen LogP contribution in [0.15, 0.2) is 18.2 Å². The molecule has 2 rings (SSSR count). The predicted molar refractivity (Wildman–Crippen MR) is 67.0 cm³/mol. The van der Waals surface area contributed by atoms with Crippen LogP contribution in [0, 0.1) is 0 Å². The van der Waals surface area contributed by atoms with Crippen LogP contribution in [0.2, 0.25) is 0 Å². The van der Waals surface area contributed by atoms with Crippen LogP contribution < -0.4 is 10.6 Å². The number of hydrogen-bond acceptors (Lipinski definition) is 2. The average Bonchev–Trinajstić information content (AvgIpc) is 2.51. The molecule has 0 bridgehead atoms. The summed E-state index contributed by atoms with van der Waals surface area (Å²) in [6.45, 7) is 5.55. The molecule has 1 aliphatic heterocycles. The molecule has 0 spiro atoms. The second-order valence-corrected chi connectivity index (χ2v) is 4.74. The molecule has 4 heteroatoms. The lowest BCUT2D eigenvalue weighted by Gasteiger charge is -2.15. The Labute approximate surface area is 100 Å². The Morgan fingerprint density at radius 2 is 2.12 bits per heavy atom. The van der Waals surface area contributed by atoms with E-state index in [2.05, 4.69) is 10.6 Å². The van der Waals surface area contributed by atoms with Gasteiger partial charge < -0.3 is 10.6 Å². The summed E-state index contributed by atoms with van der Waals surface area (Å²) in [5.74, 6) is -0.0356. The molecule has 90 valence electrons. The van der Waals surface area contributed by atoms with Crippen molar-refractivity contribution in [3.05, 3.63) is 23.8 Å². The van der Waals surface area contributed by atoms with Crippen LogP contribution in [0.3, 0.4) is 0 Å². The molecule has 1 heterocycles. The van der Waals surface area contributed by atoms with E-state index in [1.807, 2.05) is 26.0 Å². The van der Waals surface area contributed by atoms with Gasteiger partial charge in [-0.2, -0.15) is 0 Å². The van der Waals surface area contributed by atoms with E-state index in [1.54, 1.807) is 13.0 Å². The molecule has 0 atom stereocenters. The molecule has 0 saturated heterocycles. The molecule has 0 radical (unpaired) electrons. The summed E-state index contributed by atoms with van der Waals surface area (Å²) in [6.07, 6.45) is 0.442. The first kappa shape index (κ1) is 11.6. The summed E-state index contributed by atoms with van der Waals surface area (Å²) in [6, 6.07) is 5.49. The number of carbonyl (C=O) groups is 2. The van der Waals surface area contributed by atoms with E-state index in [-0.39, 0.29) is 11.8 Å². The van der Waals surface area contributed by atoms with Gasteiger partial charge >= 0.3 is 0 Å². The third kappa shape index (κ3) is 1.90. The van der Waals surface area contributed by atoms with Crippen LogP contribution >= 0.6 is 0 Å². The smallest absolute Gasteiger partial charge is 0.234 e. The summed E-state index contributed by atoms with van der Waals surface area (Å²) in [4.78, 5) is 23.1. The fourth-order valence-electron chi connectivity index (χ4n) is 1.90. The maximum atomic E-state index is 11.7. The summed E-state index contributed by atoms with van der Waals surface area (Å²) in [5.41, 5.74) is 1.95. The number of anilines is 2. The quantitative estimate of drug-likeness (QED) is 0.821. The molecule has 1 aliphatic rings. The van der Waals surface area contributed by atoms with E-state index in [0.717, 1.165) is 16.9 Å². The van der Waals surface area contributed by atoms with Crippen molar-refractivity contribution in [1.82, 2.24) is 0 Å². The van der Waals surface area contributed by atoms with Crippen LogP contribution in [0.1, 0.15) is 32.8 Å². The second-order valence-electron chi connectivity index (χ2n) is 4.74. The normalized spacial score (nSPS) is 16.3. The van der Waals surface area contributed by atoms with Crippen molar-refractivity contribution in [1.29, 1.82) is 0 Å². The zero-order chi connectivity index (χ0) is 12.6. The van der Waals surface area contributed by atoms with E-state index in [4.69, 9.17) is 0 Å². The Balaban J connectivity index is 2.35. The number of hydrogen-bond donors (Lipinski definition) is 2. The Kier molecular flexibility index (Phi) is 2.65. The third-order valence-corrected chi connectivity index (χ3v) is 3.11. The Bertz CT molecular complexity index is 492. The number of fused-ring (bicyclic) bond motifs is 1. The molecule has 0 unspecified atom stereocenters. The summed E-state index contributed by atoms with van der Waals surface area (Å²) >= 11 is 0. The second kappa shape index (κ2) is 3.87. The van der Waals surface area contributed by atoms with Gasteiger partial charge in [0.1, 0.15) is 0 Å². The van der Waals surface area contributed by atoms with Gasteiger partial charge in [0.2, 0.25) is 11.8 Å². The number of amides is 2. The van der Waals surface area contributed by atoms with Gasteiger partial charge in [0, 0.05) is 17.8 Å². The zero-order valence-electron chi connectivity index (χ0n) is 10.3. The molecule has 2 N–H and O–H groups in total. The fourth-order valence-corrected chi connectivity index (χ4v) is 1.90. The SMILES string of the molecule is CCC(=O)Nc1ccc2c(c1)C(C)(C)C(=O)N2. The van der Waals surface area contributed by atoms with Crippen LogP contribution in [0.4, 0.5) is 11.4 Å². The topological polar surface area (TPSA) is 58.2 Å². The Morgan fingerprint density at radius 3 is 2.76 bits per heavy atom. The van der Waals surface area contributed by atoms with Crippen molar-refractivity contribution >= 4 is 23.2 Å². The monoisotopic (exact) mass is 232 g/mol. The molecule has 2 amide bonds. The Hall–Kier alpha value is -1.84. The van der Waals surface area contributed by atoms with Crippen molar-refractivity contribution in [3.63, 3.8) is 0 Å². The maximum Gasteiger partial charge on any atom is 0.234 e. The van der Waals surface area contributed by atoms with Crippen molar-refractivity contribution in [3.8, 4) is 0 Å². The first-order valence-electron chi connectivity index (χ1n) is 5.71. The summed E-state index contributed by atoms with van der Waals surface area (Å²) < 4.78 is 0. The summed E-state index contributed by atoms with van der Waals surface area (Å²) in [7, 11) is 0. The molecular weight excluding hydrogens is 216 g/mol. The molecule has 1 aromatic rings. The minimum atomic E-state index is -0.539. The number of rotatable bonds is 2. The number of benzene rings is 1. The minimum absolute atomic E-state index is 0.00790. The van der Waals surface area contributed by atoms with Gasteiger partial charge in [0.05, 0.1) is 5.41 Å². The van der Waals surface area contributed by atoms with E-state index >= 15 is 0 Å². The Morgan fingerprint density at radius 1 is 1.41 bits per heavy atom. The highest BCUT2D eigenvalue weighted by Crippen LogP contribution is 2.38. The van der Waals surface area contributed by atoms with Crippen LogP contribution in [0.25, 0.3) is 0 Å². The molecule has 4 nitrogen and oxygen atoms in total. The largest absolute Gasteiger partial charge is 0.326 e. The van der Waals surface area contributed by atoms with Gasteiger partial charge in [0.25, 0.3) is 0 Å². The lowest BCUT2D eigenvalue weighted by Crippen LogP contribution is -2.26. The zero-order valence-corrected chi connectivity index (χ0v) is 10.3. The van der Waals surface area contributed by atoms with E-state index in [0.29, 0.717) is 6.42 Å². The highest BCUT2D eigenvalue weighted by Gasteiger charge is 2.38. The molecule has 0 fully saturated rings. The van der Waals surface area contributed by atoms with Gasteiger partial charge in [-0.15, -0.1) is 0 Å². The maximum absolute atomic E-state index is 11.7. The van der Waals surface area contributed by atoms with E-state index < -0.39 is 5.41 Å². The van der Waals surface area contributed by atoms with Crippen LogP contribution in [-0.2, 0) is 15.0 Å². The molecule has 0 aliphatic carbocycles. The molecule has 17 heavy (non-hydrogen) atoms. The van der Waals surface area contributed by atoms with Crippen molar-refractivity contribution in [2.45, 2.75) is 32.6 Å². The third-order valence-electron chi connectivity index (χ3n) is 3.11. The molecule has 0 aromatic heterocycles. The predicted octanol–water partition coefficient (Wildman–Crippen LogP) is 2.26. The van der Waals surface area contributed by atoms with E-state index in [9.17, 15) is 9.59 Å². The molecule has 1 aromatic carbocycles. The van der Waals surface area contributed by atoms with Gasteiger partial charge in [0.15, 0.2) is 0 Å². The first-order chi connectivity index (χ1) is 7.95. The minimum Gasteiger partial charge on any atom is -0.326 e. The molecular formula is C13H16N2O2. The van der Waals surface area contributed by atoms with Crippen molar-refractivity contribution in [2.24, 2.45) is 0 Å². The van der Waals surface area contributed by atoms with E-state index in [1.165, 1.54) is 0 Å². The highest BCUT2D eigenvalue weighted by molar-refractivity contribution is 6.06. The standard InChI is InChI=1S/C13H16N2O2/c1-4-11(16)14-8-5-6-10-9(7-8)13(2,3)12(17)15-10/h5-7H,4H2,1-3H3,(H,14,16)(H,15,17). The average molecular weight is 232 g/mol. The van der Waals surface area contributed by atoms with Gasteiger partial charge in [-0.25, -0.2) is 0 Å². The fraction of sp³-hybridized carbons (Fsp3) is 0.385. The van der Waals surface area contributed by atoms with Crippen LogP contribution in [-0.4, -0.2) is 11.8 Å². The molecule has 0 saturated carbocycles. The highest BCUT2D eigenvalue weighted by atomic mass is 16.2. The number of nitrogens with one attached hydrogen (secondary N) is 2. The summed E-state index contributed by atoms with van der Waals surface area (Å²) in [5, 5.41) is 5.63. The van der Waals surface area contributed by atoms with Gasteiger partial charge in [-0.3, -0.25) is 9.59 Å². The first-order valence-corrected chi connectivity index (χ1v) is 5.71. The lowest BCUT2D eigenvalue weighted by atomic mass is 9.86. The van der Waals surface area contributed by atoms with Crippen molar-refractivity contribution < 1.29 is 9.59 Å². The van der Waals surface area contributed by atoms with Crippen molar-refractivity contribution in [2.75, 3.05) is 10.6 Å². The van der Waals surface area contributed by atoms with Gasteiger partial charge in [-0.05, 0) is 37.6 Å². The lowest BCUT2D eigenvalue weighted by molar-refractivity contribution is -0.119. The van der Waals surface area contributed by atoms with Crippen LogP contribution in [0.5, 0.6) is 0 Å². The number of carbonyl (C=O) groups excluding carboxylic acids is 2. The van der Waals surface area contributed by atoms with Gasteiger partial charge in [-0.1, -0.05) is 6.92 Å².